The number of esters is 1. The van der Waals surface area contributed by atoms with Gasteiger partial charge in [0.15, 0.2) is 0 Å². The van der Waals surface area contributed by atoms with Crippen LogP contribution in [0, 0.1) is 0 Å². The zero-order valence-corrected chi connectivity index (χ0v) is 12.0. The molecular formula is C13H15ClN2O5. The summed E-state index contributed by atoms with van der Waals surface area (Å²) in [5.41, 5.74) is 6.00. The number of methoxy groups -OCH3 is 1. The van der Waals surface area contributed by atoms with Crippen molar-refractivity contribution in [2.45, 2.75) is 18.9 Å². The van der Waals surface area contributed by atoms with Crippen molar-refractivity contribution >= 4 is 35.1 Å². The SMILES string of the molecule is COC(=O)c1ccc(Cl)c(NC(=O)C(N)CCC(=O)O)c1. The van der Waals surface area contributed by atoms with E-state index in [0.717, 1.165) is 0 Å². The van der Waals surface area contributed by atoms with Crippen molar-refractivity contribution in [2.75, 3.05) is 12.4 Å². The summed E-state index contributed by atoms with van der Waals surface area (Å²) in [6.45, 7) is 0. The number of carboxylic acids is 1. The van der Waals surface area contributed by atoms with Gasteiger partial charge in [0.2, 0.25) is 5.91 Å². The quantitative estimate of drug-likeness (QED) is 0.680. The van der Waals surface area contributed by atoms with E-state index in [1.165, 1.54) is 25.3 Å². The molecule has 0 aromatic heterocycles. The maximum absolute atomic E-state index is 11.8. The zero-order valence-electron chi connectivity index (χ0n) is 11.3. The Bertz CT molecular complexity index is 561. The number of aliphatic carboxylic acids is 1. The predicted molar refractivity (Wildman–Crippen MR) is 76.3 cm³/mol. The van der Waals surface area contributed by atoms with Gasteiger partial charge in [-0.05, 0) is 24.6 Å². The Balaban J connectivity index is 2.79. The summed E-state index contributed by atoms with van der Waals surface area (Å²) in [6.07, 6.45) is -0.222. The summed E-state index contributed by atoms with van der Waals surface area (Å²) in [4.78, 5) is 33.7. The average molecular weight is 315 g/mol. The zero-order chi connectivity index (χ0) is 16.0. The van der Waals surface area contributed by atoms with Crippen LogP contribution in [0.2, 0.25) is 5.02 Å². The first-order chi connectivity index (χ1) is 9.85. The molecule has 8 heteroatoms. The Morgan fingerprint density at radius 2 is 2.10 bits per heavy atom. The molecule has 114 valence electrons. The second-order valence-electron chi connectivity index (χ2n) is 4.21. The molecule has 1 atom stereocenters. The van der Waals surface area contributed by atoms with Gasteiger partial charge in [0.1, 0.15) is 0 Å². The molecule has 1 unspecified atom stereocenters. The van der Waals surface area contributed by atoms with E-state index in [4.69, 9.17) is 22.4 Å². The van der Waals surface area contributed by atoms with E-state index < -0.39 is 23.9 Å². The van der Waals surface area contributed by atoms with Crippen LogP contribution in [0.15, 0.2) is 18.2 Å². The number of halogens is 1. The summed E-state index contributed by atoms with van der Waals surface area (Å²) in [6, 6.07) is 3.26. The molecule has 1 amide bonds. The number of anilines is 1. The van der Waals surface area contributed by atoms with Gasteiger partial charge in [-0.25, -0.2) is 4.79 Å². The number of nitrogens with two attached hydrogens (primary N) is 1. The Labute approximate surface area is 126 Å². The Kier molecular flexibility index (Phi) is 6.13. The molecule has 0 heterocycles. The molecule has 1 aromatic carbocycles. The van der Waals surface area contributed by atoms with Crippen LogP contribution in [0.4, 0.5) is 5.69 Å². The fourth-order valence-corrected chi connectivity index (χ4v) is 1.67. The lowest BCUT2D eigenvalue weighted by Gasteiger charge is -2.13. The van der Waals surface area contributed by atoms with E-state index in [2.05, 4.69) is 10.1 Å². The molecule has 0 saturated carbocycles. The van der Waals surface area contributed by atoms with Crippen molar-refractivity contribution in [1.82, 2.24) is 0 Å². The van der Waals surface area contributed by atoms with Gasteiger partial charge in [-0.2, -0.15) is 0 Å². The first-order valence-corrected chi connectivity index (χ1v) is 6.39. The first kappa shape index (κ1) is 16.9. The fraction of sp³-hybridized carbons (Fsp3) is 0.308. The molecule has 0 aliphatic carbocycles. The van der Waals surface area contributed by atoms with Crippen LogP contribution in [0.5, 0.6) is 0 Å². The van der Waals surface area contributed by atoms with Crippen LogP contribution < -0.4 is 11.1 Å². The summed E-state index contributed by atoms with van der Waals surface area (Å²) in [5.74, 6) is -2.19. The number of hydrogen-bond acceptors (Lipinski definition) is 5. The minimum Gasteiger partial charge on any atom is -0.481 e. The summed E-state index contributed by atoms with van der Waals surface area (Å²) >= 11 is 5.92. The summed E-state index contributed by atoms with van der Waals surface area (Å²) in [5, 5.41) is 11.2. The van der Waals surface area contributed by atoms with Crippen molar-refractivity contribution in [1.29, 1.82) is 0 Å². The number of rotatable bonds is 6. The molecule has 0 radical (unpaired) electrons. The minimum atomic E-state index is -1.04. The number of nitrogens with one attached hydrogen (secondary N) is 1. The minimum absolute atomic E-state index is 0.00449. The highest BCUT2D eigenvalue weighted by Crippen LogP contribution is 2.23. The summed E-state index contributed by atoms with van der Waals surface area (Å²) in [7, 11) is 1.23. The van der Waals surface area contributed by atoms with Crippen molar-refractivity contribution in [3.05, 3.63) is 28.8 Å². The van der Waals surface area contributed by atoms with Crippen LogP contribution in [-0.2, 0) is 14.3 Å². The monoisotopic (exact) mass is 314 g/mol. The third-order valence-corrected chi connectivity index (χ3v) is 2.98. The predicted octanol–water partition coefficient (Wildman–Crippen LogP) is 1.26. The maximum atomic E-state index is 11.8. The van der Waals surface area contributed by atoms with E-state index in [1.807, 2.05) is 0 Å². The molecule has 21 heavy (non-hydrogen) atoms. The van der Waals surface area contributed by atoms with Gasteiger partial charge in [-0.1, -0.05) is 11.6 Å². The number of carbonyl (C=O) groups excluding carboxylic acids is 2. The molecule has 0 aliphatic heterocycles. The van der Waals surface area contributed by atoms with Crippen LogP contribution >= 0.6 is 11.6 Å². The van der Waals surface area contributed by atoms with Crippen molar-refractivity contribution in [3.63, 3.8) is 0 Å². The normalized spacial score (nSPS) is 11.6. The smallest absolute Gasteiger partial charge is 0.337 e. The van der Waals surface area contributed by atoms with E-state index in [9.17, 15) is 14.4 Å². The lowest BCUT2D eigenvalue weighted by atomic mass is 10.1. The molecule has 0 aliphatic rings. The fourth-order valence-electron chi connectivity index (χ4n) is 1.50. The standard InChI is InChI=1S/C13H15ClN2O5/c1-21-13(20)7-2-3-8(14)10(6-7)16-12(19)9(15)4-5-11(17)18/h2-3,6,9H,4-5,15H2,1H3,(H,16,19)(H,17,18). The third-order valence-electron chi connectivity index (χ3n) is 2.65. The Morgan fingerprint density at radius 3 is 2.67 bits per heavy atom. The maximum Gasteiger partial charge on any atom is 0.337 e. The number of amides is 1. The molecule has 0 fully saturated rings. The van der Waals surface area contributed by atoms with Gasteiger partial charge in [-0.3, -0.25) is 9.59 Å². The van der Waals surface area contributed by atoms with Crippen molar-refractivity contribution < 1.29 is 24.2 Å². The molecule has 1 rings (SSSR count). The van der Waals surface area contributed by atoms with Gasteiger partial charge in [-0.15, -0.1) is 0 Å². The average Bonchev–Trinajstić information content (AvgIpc) is 2.45. The van der Waals surface area contributed by atoms with E-state index in [-0.39, 0.29) is 29.1 Å². The lowest BCUT2D eigenvalue weighted by molar-refractivity contribution is -0.137. The van der Waals surface area contributed by atoms with E-state index in [0.29, 0.717) is 0 Å². The summed E-state index contributed by atoms with van der Waals surface area (Å²) < 4.78 is 4.56. The molecular weight excluding hydrogens is 300 g/mol. The Morgan fingerprint density at radius 1 is 1.43 bits per heavy atom. The first-order valence-electron chi connectivity index (χ1n) is 6.01. The molecule has 1 aromatic rings. The number of ether oxygens (including phenoxy) is 1. The lowest BCUT2D eigenvalue weighted by Crippen LogP contribution is -2.36. The van der Waals surface area contributed by atoms with E-state index in [1.54, 1.807) is 0 Å². The number of benzene rings is 1. The van der Waals surface area contributed by atoms with Crippen LogP contribution in [-0.4, -0.2) is 36.1 Å². The second kappa shape index (κ2) is 7.61. The molecule has 4 N–H and O–H groups in total. The van der Waals surface area contributed by atoms with Gasteiger partial charge >= 0.3 is 11.9 Å². The number of hydrogen-bond donors (Lipinski definition) is 3. The van der Waals surface area contributed by atoms with E-state index >= 15 is 0 Å². The molecule has 0 bridgehead atoms. The highest BCUT2D eigenvalue weighted by atomic mass is 35.5. The molecule has 0 saturated heterocycles. The van der Waals surface area contributed by atoms with Gasteiger partial charge in [0, 0.05) is 6.42 Å². The highest BCUT2D eigenvalue weighted by Gasteiger charge is 2.17. The highest BCUT2D eigenvalue weighted by molar-refractivity contribution is 6.34. The van der Waals surface area contributed by atoms with Gasteiger partial charge < -0.3 is 20.9 Å². The Hall–Kier alpha value is -2.12. The van der Waals surface area contributed by atoms with Gasteiger partial charge in [0.05, 0.1) is 29.4 Å². The largest absolute Gasteiger partial charge is 0.481 e. The number of carboxylic acid groups (broad SMARTS) is 1. The van der Waals surface area contributed by atoms with Crippen LogP contribution in [0.1, 0.15) is 23.2 Å². The molecule has 0 spiro atoms. The third kappa shape index (κ3) is 5.05. The topological polar surface area (TPSA) is 119 Å². The van der Waals surface area contributed by atoms with Crippen LogP contribution in [0.25, 0.3) is 0 Å². The van der Waals surface area contributed by atoms with Crippen molar-refractivity contribution in [3.8, 4) is 0 Å². The van der Waals surface area contributed by atoms with Crippen LogP contribution in [0.3, 0.4) is 0 Å². The van der Waals surface area contributed by atoms with Gasteiger partial charge in [0.25, 0.3) is 0 Å². The van der Waals surface area contributed by atoms with Crippen molar-refractivity contribution in [2.24, 2.45) is 5.73 Å². The molecule has 7 nitrogen and oxygen atoms in total. The number of carbonyl (C=O) groups is 3. The second-order valence-corrected chi connectivity index (χ2v) is 4.62.